The lowest BCUT2D eigenvalue weighted by Gasteiger charge is -2.19. The van der Waals surface area contributed by atoms with Crippen molar-refractivity contribution in [1.29, 1.82) is 0 Å². The first kappa shape index (κ1) is 19.0. The van der Waals surface area contributed by atoms with Crippen molar-refractivity contribution in [1.82, 2.24) is 14.7 Å². The van der Waals surface area contributed by atoms with Gasteiger partial charge in [0.15, 0.2) is 11.5 Å². The van der Waals surface area contributed by atoms with E-state index in [-0.39, 0.29) is 18.2 Å². The summed E-state index contributed by atoms with van der Waals surface area (Å²) in [6, 6.07) is 11.9. The Morgan fingerprint density at radius 3 is 2.76 bits per heavy atom. The Labute approximate surface area is 169 Å². The lowest BCUT2D eigenvalue weighted by Crippen LogP contribution is -2.34. The number of carbonyl (C=O) groups excluding carboxylic acids is 1. The molecule has 150 valence electrons. The fourth-order valence-corrected chi connectivity index (χ4v) is 3.49. The number of nitrogens with one attached hydrogen (secondary N) is 1. The highest BCUT2D eigenvalue weighted by molar-refractivity contribution is 5.92. The van der Waals surface area contributed by atoms with Crippen molar-refractivity contribution in [2.45, 2.75) is 13.5 Å². The Morgan fingerprint density at radius 1 is 1.24 bits per heavy atom. The van der Waals surface area contributed by atoms with Crippen LogP contribution in [0.4, 0.5) is 5.69 Å². The Kier molecular flexibility index (Phi) is 5.22. The quantitative estimate of drug-likeness (QED) is 0.714. The topological polar surface area (TPSA) is 79.6 Å². The van der Waals surface area contributed by atoms with Crippen LogP contribution in [-0.2, 0) is 18.4 Å². The molecule has 0 saturated heterocycles. The molecule has 0 spiro atoms. The number of hydrogen-bond donors (Lipinski definition) is 2. The number of aromatic nitrogens is 2. The lowest BCUT2D eigenvalue weighted by molar-refractivity contribution is -0.117. The number of rotatable bonds is 4. The first-order valence-corrected chi connectivity index (χ1v) is 9.54. The predicted octanol–water partition coefficient (Wildman–Crippen LogP) is 2.93. The number of nitrogens with zero attached hydrogens (tertiary/aromatic N) is 3. The molecule has 29 heavy (non-hydrogen) atoms. The third-order valence-corrected chi connectivity index (χ3v) is 4.93. The van der Waals surface area contributed by atoms with Gasteiger partial charge in [-0.2, -0.15) is 5.10 Å². The lowest BCUT2D eigenvalue weighted by atomic mass is 10.0. The van der Waals surface area contributed by atoms with Crippen molar-refractivity contribution < 1.29 is 14.6 Å². The van der Waals surface area contributed by atoms with Gasteiger partial charge in [0.05, 0.1) is 18.4 Å². The summed E-state index contributed by atoms with van der Waals surface area (Å²) in [6.07, 6.45) is 3.37. The third kappa shape index (κ3) is 4.41. The van der Waals surface area contributed by atoms with Crippen LogP contribution in [0, 0.1) is 6.92 Å². The van der Waals surface area contributed by atoms with Crippen LogP contribution >= 0.6 is 0 Å². The molecule has 0 unspecified atom stereocenters. The van der Waals surface area contributed by atoms with E-state index in [9.17, 15) is 9.90 Å². The van der Waals surface area contributed by atoms with E-state index in [0.717, 1.165) is 16.7 Å². The number of ether oxygens (including phenoxy) is 1. The van der Waals surface area contributed by atoms with Gasteiger partial charge in [-0.25, -0.2) is 0 Å². The maximum atomic E-state index is 12.4. The standard InChI is InChI=1S/C22H24N4O3/c1-15-3-5-16(6-4-15)17-9-18-12-26(7-8-29-22(18)20(27)10-17)14-21(28)24-19-11-23-25(2)13-19/h3-6,9-11,13,27H,7-8,12,14H2,1-2H3,(H,24,28). The van der Waals surface area contributed by atoms with Crippen LogP contribution in [0.15, 0.2) is 48.8 Å². The van der Waals surface area contributed by atoms with Crippen LogP contribution < -0.4 is 10.1 Å². The van der Waals surface area contributed by atoms with E-state index in [1.807, 2.05) is 42.2 Å². The minimum Gasteiger partial charge on any atom is -0.504 e. The number of aromatic hydroxyl groups is 1. The van der Waals surface area contributed by atoms with Crippen LogP contribution in [-0.4, -0.2) is 45.4 Å². The first-order valence-electron chi connectivity index (χ1n) is 9.54. The molecule has 0 fully saturated rings. The average molecular weight is 392 g/mol. The average Bonchev–Trinajstić information content (AvgIpc) is 2.96. The molecule has 1 aromatic heterocycles. The van der Waals surface area contributed by atoms with E-state index in [1.54, 1.807) is 30.2 Å². The molecule has 0 atom stereocenters. The second-order valence-electron chi connectivity index (χ2n) is 7.36. The normalized spacial score (nSPS) is 14.0. The van der Waals surface area contributed by atoms with Crippen LogP contribution in [0.5, 0.6) is 11.5 Å². The van der Waals surface area contributed by atoms with Crippen LogP contribution in [0.3, 0.4) is 0 Å². The van der Waals surface area contributed by atoms with Gasteiger partial charge >= 0.3 is 0 Å². The summed E-state index contributed by atoms with van der Waals surface area (Å²) in [5, 5.41) is 17.4. The summed E-state index contributed by atoms with van der Waals surface area (Å²) in [7, 11) is 1.80. The van der Waals surface area contributed by atoms with Crippen molar-refractivity contribution in [2.75, 3.05) is 25.0 Å². The Bertz CT molecular complexity index is 1030. The number of carbonyl (C=O) groups is 1. The molecular formula is C22H24N4O3. The number of benzene rings is 2. The molecule has 1 aliphatic rings. The Morgan fingerprint density at radius 2 is 2.03 bits per heavy atom. The van der Waals surface area contributed by atoms with Crippen LogP contribution in [0.1, 0.15) is 11.1 Å². The summed E-state index contributed by atoms with van der Waals surface area (Å²) < 4.78 is 7.43. The predicted molar refractivity (Wildman–Crippen MR) is 111 cm³/mol. The molecule has 3 aromatic rings. The zero-order valence-corrected chi connectivity index (χ0v) is 16.6. The number of amides is 1. The van der Waals surface area contributed by atoms with Gasteiger partial charge in [-0.05, 0) is 30.2 Å². The smallest absolute Gasteiger partial charge is 0.238 e. The van der Waals surface area contributed by atoms with E-state index >= 15 is 0 Å². The van der Waals surface area contributed by atoms with Gasteiger partial charge in [0.1, 0.15) is 6.61 Å². The van der Waals surface area contributed by atoms with Gasteiger partial charge in [0.2, 0.25) is 5.91 Å². The largest absolute Gasteiger partial charge is 0.504 e. The number of hydrogen-bond acceptors (Lipinski definition) is 5. The molecular weight excluding hydrogens is 368 g/mol. The maximum absolute atomic E-state index is 12.4. The molecule has 7 nitrogen and oxygen atoms in total. The number of aryl methyl sites for hydroxylation is 2. The number of anilines is 1. The van der Waals surface area contributed by atoms with Crippen LogP contribution in [0.2, 0.25) is 0 Å². The highest BCUT2D eigenvalue weighted by Crippen LogP contribution is 2.37. The molecule has 2 heterocycles. The number of phenolic OH excluding ortho intramolecular Hbond substituents is 1. The monoisotopic (exact) mass is 392 g/mol. The second kappa shape index (κ2) is 7.97. The van der Waals surface area contributed by atoms with E-state index in [2.05, 4.69) is 10.4 Å². The van der Waals surface area contributed by atoms with Gasteiger partial charge < -0.3 is 15.2 Å². The molecule has 4 rings (SSSR count). The Hall–Kier alpha value is -3.32. The zero-order valence-electron chi connectivity index (χ0n) is 16.6. The molecule has 0 aliphatic carbocycles. The summed E-state index contributed by atoms with van der Waals surface area (Å²) >= 11 is 0. The van der Waals surface area contributed by atoms with Crippen molar-refractivity contribution >= 4 is 11.6 Å². The Balaban J connectivity index is 1.52. The molecule has 7 heteroatoms. The van der Waals surface area contributed by atoms with Gasteiger partial charge in [-0.15, -0.1) is 0 Å². The molecule has 1 amide bonds. The first-order chi connectivity index (χ1) is 14.0. The summed E-state index contributed by atoms with van der Waals surface area (Å²) in [5.41, 5.74) is 4.67. The SMILES string of the molecule is Cc1ccc(-c2cc(O)c3c(c2)CN(CC(=O)Nc2cnn(C)c2)CCO3)cc1. The van der Waals surface area contributed by atoms with Crippen molar-refractivity contribution in [3.8, 4) is 22.6 Å². The second-order valence-corrected chi connectivity index (χ2v) is 7.36. The minimum absolute atomic E-state index is 0.111. The zero-order chi connectivity index (χ0) is 20.4. The van der Waals surface area contributed by atoms with Crippen molar-refractivity contribution in [3.05, 3.63) is 59.9 Å². The molecule has 0 saturated carbocycles. The highest BCUT2D eigenvalue weighted by Gasteiger charge is 2.21. The van der Waals surface area contributed by atoms with E-state index in [0.29, 0.717) is 31.1 Å². The molecule has 2 N–H and O–H groups in total. The van der Waals surface area contributed by atoms with Gasteiger partial charge in [-0.1, -0.05) is 29.8 Å². The van der Waals surface area contributed by atoms with Crippen LogP contribution in [0.25, 0.3) is 11.1 Å². The van der Waals surface area contributed by atoms with Gasteiger partial charge in [0, 0.05) is 31.9 Å². The number of phenols is 1. The number of fused-ring (bicyclic) bond motifs is 1. The van der Waals surface area contributed by atoms with Gasteiger partial charge in [0.25, 0.3) is 0 Å². The molecule has 2 aromatic carbocycles. The fraction of sp³-hybridized carbons (Fsp3) is 0.273. The summed E-state index contributed by atoms with van der Waals surface area (Å²) in [6.45, 7) is 3.79. The fourth-order valence-electron chi connectivity index (χ4n) is 3.49. The van der Waals surface area contributed by atoms with E-state index in [1.165, 1.54) is 5.56 Å². The maximum Gasteiger partial charge on any atom is 0.238 e. The van der Waals surface area contributed by atoms with Crippen molar-refractivity contribution in [2.24, 2.45) is 7.05 Å². The summed E-state index contributed by atoms with van der Waals surface area (Å²) in [5.74, 6) is 0.510. The minimum atomic E-state index is -0.111. The molecule has 0 bridgehead atoms. The third-order valence-electron chi connectivity index (χ3n) is 4.93. The molecule has 1 aliphatic heterocycles. The summed E-state index contributed by atoms with van der Waals surface area (Å²) in [4.78, 5) is 14.4. The van der Waals surface area contributed by atoms with Crippen molar-refractivity contribution in [3.63, 3.8) is 0 Å². The molecule has 0 radical (unpaired) electrons. The highest BCUT2D eigenvalue weighted by atomic mass is 16.5. The van der Waals surface area contributed by atoms with Gasteiger partial charge in [-0.3, -0.25) is 14.4 Å². The van der Waals surface area contributed by atoms with E-state index < -0.39 is 0 Å². The van der Waals surface area contributed by atoms with E-state index in [4.69, 9.17) is 4.74 Å².